The average Bonchev–Trinajstić information content (AvgIpc) is 2.38. The van der Waals surface area contributed by atoms with Crippen molar-refractivity contribution in [2.45, 2.75) is 12.5 Å². The molecular weight excluding hydrogens is 250 g/mol. The highest BCUT2D eigenvalue weighted by Crippen LogP contribution is 2.09. The summed E-state index contributed by atoms with van der Waals surface area (Å²) in [6, 6.07) is 5.83. The van der Waals surface area contributed by atoms with Crippen molar-refractivity contribution < 1.29 is 24.5 Å². The highest BCUT2D eigenvalue weighted by molar-refractivity contribution is 5.91. The van der Waals surface area contributed by atoms with Crippen molar-refractivity contribution in [3.8, 4) is 0 Å². The molecule has 0 aromatic heterocycles. The minimum atomic E-state index is -1.07. The Morgan fingerprint density at radius 3 is 2.63 bits per heavy atom. The van der Waals surface area contributed by atoms with Gasteiger partial charge in [-0.05, 0) is 11.6 Å². The Hall–Kier alpha value is -1.92. The smallest absolute Gasteiger partial charge is 0.335 e. The second kappa shape index (κ2) is 7.50. The van der Waals surface area contributed by atoms with Crippen molar-refractivity contribution in [2.75, 3.05) is 20.3 Å². The predicted molar refractivity (Wildman–Crippen MR) is 68.0 cm³/mol. The Morgan fingerprint density at radius 1 is 1.37 bits per heavy atom. The number of hydrogen-bond donors (Lipinski definition) is 3. The molecule has 1 atom stereocenters. The van der Waals surface area contributed by atoms with Crippen molar-refractivity contribution >= 4 is 11.9 Å². The number of carboxylic acids is 1. The number of methoxy groups -OCH3 is 1. The Morgan fingerprint density at radius 2 is 2.05 bits per heavy atom. The second-order valence-electron chi connectivity index (χ2n) is 4.04. The lowest BCUT2D eigenvalue weighted by molar-refractivity contribution is -0.121. The summed E-state index contributed by atoms with van der Waals surface area (Å²) in [5.41, 5.74) is 0.534. The minimum absolute atomic E-state index is 0.0529. The monoisotopic (exact) mass is 267 g/mol. The number of aliphatic hydroxyl groups is 1. The molecule has 0 aliphatic heterocycles. The maximum absolute atomic E-state index is 11.8. The van der Waals surface area contributed by atoms with Crippen LogP contribution in [0.1, 0.15) is 15.9 Å². The van der Waals surface area contributed by atoms with E-state index >= 15 is 0 Å². The molecule has 0 heterocycles. The van der Waals surface area contributed by atoms with E-state index in [9.17, 15) is 9.59 Å². The van der Waals surface area contributed by atoms with Gasteiger partial charge in [-0.1, -0.05) is 18.2 Å². The Kier molecular flexibility index (Phi) is 5.98. The van der Waals surface area contributed by atoms with Crippen LogP contribution in [0.4, 0.5) is 0 Å². The number of aromatic carboxylic acids is 1. The Balaban J connectivity index is 2.69. The molecule has 0 aliphatic carbocycles. The highest BCUT2D eigenvalue weighted by Gasteiger charge is 2.15. The number of carbonyl (C=O) groups excluding carboxylic acids is 1. The molecule has 3 N–H and O–H groups in total. The van der Waals surface area contributed by atoms with Crippen molar-refractivity contribution in [2.24, 2.45) is 0 Å². The van der Waals surface area contributed by atoms with Crippen molar-refractivity contribution in [3.63, 3.8) is 0 Å². The molecule has 1 rings (SSSR count). The Labute approximate surface area is 111 Å². The quantitative estimate of drug-likeness (QED) is 0.649. The molecule has 1 amide bonds. The molecule has 104 valence electrons. The van der Waals surface area contributed by atoms with Gasteiger partial charge in [-0.15, -0.1) is 0 Å². The molecule has 19 heavy (non-hydrogen) atoms. The maximum atomic E-state index is 11.8. The number of ether oxygens (including phenoxy) is 1. The maximum Gasteiger partial charge on any atom is 0.335 e. The fourth-order valence-corrected chi connectivity index (χ4v) is 1.68. The van der Waals surface area contributed by atoms with Crippen LogP contribution in [0, 0.1) is 0 Å². The third kappa shape index (κ3) is 4.69. The first-order valence-corrected chi connectivity index (χ1v) is 5.78. The van der Waals surface area contributed by atoms with Gasteiger partial charge in [0.25, 0.3) is 0 Å². The molecule has 0 bridgehead atoms. The van der Waals surface area contributed by atoms with Crippen LogP contribution in [0.2, 0.25) is 0 Å². The fraction of sp³-hybridized carbons (Fsp3) is 0.385. The zero-order chi connectivity index (χ0) is 14.3. The summed E-state index contributed by atoms with van der Waals surface area (Å²) >= 11 is 0. The van der Waals surface area contributed by atoms with Crippen LogP contribution in [-0.2, 0) is 16.0 Å². The van der Waals surface area contributed by atoms with Crippen molar-refractivity contribution in [1.29, 1.82) is 0 Å². The molecule has 0 aliphatic rings. The molecule has 1 unspecified atom stereocenters. The number of amides is 1. The normalized spacial score (nSPS) is 11.9. The van der Waals surface area contributed by atoms with Crippen LogP contribution in [0.3, 0.4) is 0 Å². The van der Waals surface area contributed by atoms with E-state index in [1.165, 1.54) is 13.2 Å². The molecule has 1 aromatic rings. The summed E-state index contributed by atoms with van der Waals surface area (Å²) in [4.78, 5) is 22.8. The van der Waals surface area contributed by atoms with E-state index in [1.54, 1.807) is 18.2 Å². The zero-order valence-corrected chi connectivity index (χ0v) is 10.6. The number of carboxylic acid groups (broad SMARTS) is 1. The van der Waals surface area contributed by atoms with Crippen LogP contribution in [0.25, 0.3) is 0 Å². The largest absolute Gasteiger partial charge is 0.478 e. The van der Waals surface area contributed by atoms with Gasteiger partial charge >= 0.3 is 5.97 Å². The van der Waals surface area contributed by atoms with Crippen LogP contribution in [-0.4, -0.2) is 48.5 Å². The first-order chi connectivity index (χ1) is 9.08. The van der Waals surface area contributed by atoms with Crippen LogP contribution in [0.15, 0.2) is 24.3 Å². The number of aliphatic hydroxyl groups excluding tert-OH is 1. The van der Waals surface area contributed by atoms with E-state index in [4.69, 9.17) is 14.9 Å². The van der Waals surface area contributed by atoms with Gasteiger partial charge in [-0.2, -0.15) is 0 Å². The summed E-state index contributed by atoms with van der Waals surface area (Å²) < 4.78 is 4.84. The van der Waals surface area contributed by atoms with Gasteiger partial charge in [-0.3, -0.25) is 4.79 Å². The predicted octanol–water partition coefficient (Wildman–Crippen LogP) is 0.0508. The number of nitrogens with one attached hydrogen (secondary N) is 1. The van der Waals surface area contributed by atoms with Crippen molar-refractivity contribution in [3.05, 3.63) is 35.4 Å². The van der Waals surface area contributed by atoms with E-state index in [1.807, 2.05) is 0 Å². The second-order valence-corrected chi connectivity index (χ2v) is 4.04. The van der Waals surface area contributed by atoms with Gasteiger partial charge in [0.05, 0.1) is 31.2 Å². The number of benzene rings is 1. The molecule has 0 saturated heterocycles. The van der Waals surface area contributed by atoms with Gasteiger partial charge in [0.2, 0.25) is 5.91 Å². The van der Waals surface area contributed by atoms with Gasteiger partial charge in [0.1, 0.15) is 0 Å². The van der Waals surface area contributed by atoms with E-state index in [-0.39, 0.29) is 31.1 Å². The van der Waals surface area contributed by atoms with E-state index < -0.39 is 12.0 Å². The molecule has 0 fully saturated rings. The van der Waals surface area contributed by atoms with Gasteiger partial charge < -0.3 is 20.3 Å². The topological polar surface area (TPSA) is 95.9 Å². The van der Waals surface area contributed by atoms with Crippen molar-refractivity contribution in [1.82, 2.24) is 5.32 Å². The molecule has 6 heteroatoms. The number of hydrogen-bond acceptors (Lipinski definition) is 4. The lowest BCUT2D eigenvalue weighted by atomic mass is 10.0. The molecular formula is C13H17NO5. The third-order valence-corrected chi connectivity index (χ3v) is 2.55. The van der Waals surface area contributed by atoms with E-state index in [0.717, 1.165) is 0 Å². The Bertz CT molecular complexity index is 446. The standard InChI is InChI=1S/C13H17NO5/c1-19-8-10(7-15)14-12(16)6-9-4-2-3-5-11(9)13(17)18/h2-5,10,15H,6-8H2,1H3,(H,14,16)(H,17,18). The number of carbonyl (C=O) groups is 2. The van der Waals surface area contributed by atoms with Gasteiger partial charge in [-0.25, -0.2) is 4.79 Å². The summed E-state index contributed by atoms with van der Waals surface area (Å²) in [6.45, 7) is -0.0387. The summed E-state index contributed by atoms with van der Waals surface area (Å²) in [5.74, 6) is -1.43. The summed E-state index contributed by atoms with van der Waals surface area (Å²) in [5, 5.41) is 20.6. The van der Waals surface area contributed by atoms with Gasteiger partial charge in [0.15, 0.2) is 0 Å². The summed E-state index contributed by atoms with van der Waals surface area (Å²) in [6.07, 6.45) is -0.0529. The lowest BCUT2D eigenvalue weighted by Gasteiger charge is -2.15. The molecule has 1 aromatic carbocycles. The molecule has 6 nitrogen and oxygen atoms in total. The average molecular weight is 267 g/mol. The van der Waals surface area contributed by atoms with E-state index in [0.29, 0.717) is 5.56 Å². The SMILES string of the molecule is COCC(CO)NC(=O)Cc1ccccc1C(=O)O. The molecule has 0 radical (unpaired) electrons. The lowest BCUT2D eigenvalue weighted by Crippen LogP contribution is -2.41. The first-order valence-electron chi connectivity index (χ1n) is 5.78. The first kappa shape index (κ1) is 15.1. The van der Waals surface area contributed by atoms with Gasteiger partial charge in [0, 0.05) is 7.11 Å². The van der Waals surface area contributed by atoms with Crippen LogP contribution < -0.4 is 5.32 Å². The fourth-order valence-electron chi connectivity index (χ4n) is 1.68. The third-order valence-electron chi connectivity index (χ3n) is 2.55. The molecule has 0 spiro atoms. The van der Waals surface area contributed by atoms with Crippen LogP contribution in [0.5, 0.6) is 0 Å². The highest BCUT2D eigenvalue weighted by atomic mass is 16.5. The number of rotatable bonds is 7. The van der Waals surface area contributed by atoms with Crippen LogP contribution >= 0.6 is 0 Å². The minimum Gasteiger partial charge on any atom is -0.478 e. The molecule has 0 saturated carbocycles. The summed E-state index contributed by atoms with van der Waals surface area (Å²) in [7, 11) is 1.47. The van der Waals surface area contributed by atoms with E-state index in [2.05, 4.69) is 5.32 Å². The zero-order valence-electron chi connectivity index (χ0n) is 10.6.